The molecule has 0 aliphatic rings. The third-order valence-corrected chi connectivity index (χ3v) is 4.61. The molecule has 26 heavy (non-hydrogen) atoms. The maximum absolute atomic E-state index is 12.1. The number of hydrogen-bond donors (Lipinski definition) is 2. The second-order valence-corrected chi connectivity index (χ2v) is 6.64. The molecule has 0 fully saturated rings. The number of rotatable bonds is 5. The van der Waals surface area contributed by atoms with Crippen LogP contribution in [0.25, 0.3) is 11.4 Å². The Labute approximate surface area is 155 Å². The number of anilines is 1. The van der Waals surface area contributed by atoms with Gasteiger partial charge in [0.25, 0.3) is 5.91 Å². The molecule has 0 saturated heterocycles. The number of amides is 2. The van der Waals surface area contributed by atoms with Gasteiger partial charge in [-0.1, -0.05) is 12.1 Å². The first-order valence-corrected chi connectivity index (χ1v) is 8.93. The van der Waals surface area contributed by atoms with E-state index in [0.29, 0.717) is 16.4 Å². The van der Waals surface area contributed by atoms with Gasteiger partial charge >= 0.3 is 0 Å². The summed E-state index contributed by atoms with van der Waals surface area (Å²) in [6.45, 7) is 3.81. The van der Waals surface area contributed by atoms with Gasteiger partial charge in [-0.05, 0) is 49.2 Å². The molecule has 2 amide bonds. The Kier molecular flexibility index (Phi) is 5.38. The Hall–Kier alpha value is -3.06. The third kappa shape index (κ3) is 4.31. The van der Waals surface area contributed by atoms with Crippen molar-refractivity contribution in [3.8, 4) is 11.4 Å². The summed E-state index contributed by atoms with van der Waals surface area (Å²) < 4.78 is 0. The van der Waals surface area contributed by atoms with Crippen molar-refractivity contribution in [1.29, 1.82) is 0 Å². The molecule has 132 valence electrons. The smallest absolute Gasteiger partial charge is 0.251 e. The van der Waals surface area contributed by atoms with E-state index in [1.807, 2.05) is 49.6 Å². The molecule has 0 spiro atoms. The second-order valence-electron chi connectivity index (χ2n) is 5.78. The van der Waals surface area contributed by atoms with Crippen molar-refractivity contribution in [2.24, 2.45) is 0 Å². The summed E-state index contributed by atoms with van der Waals surface area (Å²) >= 11 is 1.31. The maximum atomic E-state index is 12.1. The van der Waals surface area contributed by atoms with Crippen molar-refractivity contribution in [1.82, 2.24) is 15.3 Å². The summed E-state index contributed by atoms with van der Waals surface area (Å²) in [5.41, 5.74) is 4.13. The van der Waals surface area contributed by atoms with Crippen LogP contribution in [-0.2, 0) is 4.79 Å². The van der Waals surface area contributed by atoms with Crippen LogP contribution in [0.3, 0.4) is 0 Å². The van der Waals surface area contributed by atoms with Gasteiger partial charge in [-0.25, -0.2) is 4.98 Å². The minimum Gasteiger partial charge on any atom is -0.343 e. The first-order chi connectivity index (χ1) is 12.5. The lowest BCUT2D eigenvalue weighted by Gasteiger charge is -2.07. The van der Waals surface area contributed by atoms with Gasteiger partial charge in [0.1, 0.15) is 5.69 Å². The molecule has 7 heteroatoms. The fourth-order valence-corrected chi connectivity index (χ4v) is 2.99. The number of thiazole rings is 1. The topological polar surface area (TPSA) is 84.0 Å². The van der Waals surface area contributed by atoms with E-state index in [2.05, 4.69) is 20.6 Å². The van der Waals surface area contributed by atoms with Crippen LogP contribution >= 0.6 is 11.3 Å². The Morgan fingerprint density at radius 1 is 1.08 bits per heavy atom. The average molecular weight is 366 g/mol. The number of benzene rings is 1. The number of nitrogens with zero attached hydrogens (tertiary/aromatic N) is 2. The van der Waals surface area contributed by atoms with E-state index < -0.39 is 0 Å². The highest BCUT2D eigenvalue weighted by Crippen LogP contribution is 2.22. The third-order valence-electron chi connectivity index (χ3n) is 3.86. The van der Waals surface area contributed by atoms with Crippen molar-refractivity contribution >= 4 is 28.3 Å². The van der Waals surface area contributed by atoms with E-state index >= 15 is 0 Å². The van der Waals surface area contributed by atoms with Gasteiger partial charge in [0.15, 0.2) is 5.13 Å². The minimum atomic E-state index is -0.330. The predicted octanol–water partition coefficient (Wildman–Crippen LogP) is 3.19. The van der Waals surface area contributed by atoms with E-state index in [1.54, 1.807) is 12.3 Å². The molecule has 0 bridgehead atoms. The van der Waals surface area contributed by atoms with E-state index in [1.165, 1.54) is 11.3 Å². The number of pyridine rings is 1. The lowest BCUT2D eigenvalue weighted by Crippen LogP contribution is -2.32. The molecular weight excluding hydrogens is 348 g/mol. The SMILES string of the molecule is Cc1ccc(C(=O)NCC(=O)Nc2nc(-c3ccccn3)cs2)cc1C. The molecule has 0 aliphatic carbocycles. The summed E-state index contributed by atoms with van der Waals surface area (Å²) in [5.74, 6) is -0.610. The molecule has 2 aromatic heterocycles. The van der Waals surface area contributed by atoms with Crippen LogP contribution < -0.4 is 10.6 Å². The molecule has 1 aromatic carbocycles. The van der Waals surface area contributed by atoms with Crippen LogP contribution in [0.4, 0.5) is 5.13 Å². The zero-order valence-corrected chi connectivity index (χ0v) is 15.3. The van der Waals surface area contributed by atoms with Crippen molar-refractivity contribution in [2.75, 3.05) is 11.9 Å². The van der Waals surface area contributed by atoms with Crippen molar-refractivity contribution in [3.63, 3.8) is 0 Å². The second kappa shape index (κ2) is 7.88. The summed E-state index contributed by atoms with van der Waals surface area (Å²) in [7, 11) is 0. The van der Waals surface area contributed by atoms with Crippen molar-refractivity contribution in [2.45, 2.75) is 13.8 Å². The Balaban J connectivity index is 1.55. The molecular formula is C19H18N4O2S. The van der Waals surface area contributed by atoms with E-state index in [9.17, 15) is 9.59 Å². The lowest BCUT2D eigenvalue weighted by molar-refractivity contribution is -0.115. The quantitative estimate of drug-likeness (QED) is 0.726. The number of aryl methyl sites for hydroxylation is 2. The molecule has 0 saturated carbocycles. The van der Waals surface area contributed by atoms with Gasteiger partial charge < -0.3 is 10.6 Å². The number of hydrogen-bond acceptors (Lipinski definition) is 5. The number of aromatic nitrogens is 2. The minimum absolute atomic E-state index is 0.121. The van der Waals surface area contributed by atoms with Gasteiger partial charge in [-0.15, -0.1) is 11.3 Å². The predicted molar refractivity (Wildman–Crippen MR) is 102 cm³/mol. The molecule has 3 aromatic rings. The maximum Gasteiger partial charge on any atom is 0.251 e. The van der Waals surface area contributed by atoms with Gasteiger partial charge in [-0.2, -0.15) is 0 Å². The average Bonchev–Trinajstić information content (AvgIpc) is 3.11. The molecule has 0 unspecified atom stereocenters. The molecule has 0 radical (unpaired) electrons. The lowest BCUT2D eigenvalue weighted by atomic mass is 10.1. The summed E-state index contributed by atoms with van der Waals surface area (Å²) in [4.78, 5) is 32.7. The number of carbonyl (C=O) groups excluding carboxylic acids is 2. The van der Waals surface area contributed by atoms with Gasteiger partial charge in [0, 0.05) is 17.1 Å². The molecule has 0 aliphatic heterocycles. The monoisotopic (exact) mass is 366 g/mol. The van der Waals surface area contributed by atoms with E-state index in [4.69, 9.17) is 0 Å². The Morgan fingerprint density at radius 2 is 1.92 bits per heavy atom. The molecule has 2 N–H and O–H groups in total. The van der Waals surface area contributed by atoms with Crippen molar-refractivity contribution in [3.05, 3.63) is 64.7 Å². The molecule has 6 nitrogen and oxygen atoms in total. The van der Waals surface area contributed by atoms with E-state index in [-0.39, 0.29) is 18.4 Å². The highest BCUT2D eigenvalue weighted by atomic mass is 32.1. The van der Waals surface area contributed by atoms with Gasteiger partial charge in [-0.3, -0.25) is 14.6 Å². The largest absolute Gasteiger partial charge is 0.343 e. The van der Waals surface area contributed by atoms with Crippen LogP contribution in [-0.4, -0.2) is 28.3 Å². The first-order valence-electron chi connectivity index (χ1n) is 8.05. The molecule has 0 atom stereocenters. The zero-order chi connectivity index (χ0) is 18.5. The molecule has 2 heterocycles. The Morgan fingerprint density at radius 3 is 2.65 bits per heavy atom. The van der Waals surface area contributed by atoms with Crippen LogP contribution in [0.15, 0.2) is 48.0 Å². The number of carbonyl (C=O) groups is 2. The fourth-order valence-electron chi connectivity index (χ4n) is 2.27. The highest BCUT2D eigenvalue weighted by molar-refractivity contribution is 7.14. The number of nitrogens with one attached hydrogen (secondary N) is 2. The zero-order valence-electron chi connectivity index (χ0n) is 14.4. The fraction of sp³-hybridized carbons (Fsp3) is 0.158. The summed E-state index contributed by atoms with van der Waals surface area (Å²) in [6, 6.07) is 11.0. The summed E-state index contributed by atoms with van der Waals surface area (Å²) in [6.07, 6.45) is 1.69. The Bertz CT molecular complexity index is 938. The molecule has 3 rings (SSSR count). The van der Waals surface area contributed by atoms with Gasteiger partial charge in [0.05, 0.1) is 12.2 Å². The van der Waals surface area contributed by atoms with Crippen LogP contribution in [0.2, 0.25) is 0 Å². The van der Waals surface area contributed by atoms with Gasteiger partial charge in [0.2, 0.25) is 5.91 Å². The first kappa shape index (κ1) is 17.8. The normalized spacial score (nSPS) is 10.4. The highest BCUT2D eigenvalue weighted by Gasteiger charge is 2.11. The van der Waals surface area contributed by atoms with Crippen LogP contribution in [0, 0.1) is 13.8 Å². The van der Waals surface area contributed by atoms with Crippen LogP contribution in [0.1, 0.15) is 21.5 Å². The van der Waals surface area contributed by atoms with E-state index in [0.717, 1.165) is 16.8 Å². The van der Waals surface area contributed by atoms with Crippen LogP contribution in [0.5, 0.6) is 0 Å². The van der Waals surface area contributed by atoms with Crippen molar-refractivity contribution < 1.29 is 9.59 Å². The summed E-state index contributed by atoms with van der Waals surface area (Å²) in [5, 5.41) is 7.60. The standard InChI is InChI=1S/C19H18N4O2S/c1-12-6-7-14(9-13(12)2)18(25)21-10-17(24)23-19-22-16(11-26-19)15-5-3-4-8-20-15/h3-9,11H,10H2,1-2H3,(H,21,25)(H,22,23,24).